The monoisotopic (exact) mass is 1600 g/mol. The van der Waals surface area contributed by atoms with Crippen LogP contribution in [0.3, 0.4) is 0 Å². The number of fused-ring (bicyclic) bond motifs is 12. The number of ether oxygens (including phenoxy) is 6. The number of allylic oxidation sites excluding steroid dienone is 8. The third-order valence-corrected chi connectivity index (χ3v) is 23.8. The van der Waals surface area contributed by atoms with Crippen molar-refractivity contribution in [1.29, 1.82) is 0 Å². The maximum atomic E-state index is 12.3. The molecule has 12 bridgehead atoms. The van der Waals surface area contributed by atoms with Crippen molar-refractivity contribution in [3.05, 3.63) is 224 Å². The van der Waals surface area contributed by atoms with Crippen LogP contribution < -0.4 is 18.9 Å². The van der Waals surface area contributed by atoms with Crippen molar-refractivity contribution >= 4 is 0 Å². The first-order valence-corrected chi connectivity index (χ1v) is 45.8. The topological polar surface area (TPSA) is 75.6 Å². The van der Waals surface area contributed by atoms with Crippen LogP contribution in [0, 0.1) is 10.8 Å². The second kappa shape index (κ2) is 41.0. The van der Waals surface area contributed by atoms with Crippen molar-refractivity contribution in [3.8, 4) is 28.7 Å². The summed E-state index contributed by atoms with van der Waals surface area (Å²) < 4.78 is 41.0. The lowest BCUT2D eigenvalue weighted by Gasteiger charge is -2.29. The number of hydrogen-bond acceptors (Lipinski definition) is 7. The molecule has 0 amide bonds. The fourth-order valence-electron chi connectivity index (χ4n) is 16.4. The maximum absolute atomic E-state index is 12.3. The summed E-state index contributed by atoms with van der Waals surface area (Å²) in [5, 5.41) is 12.3. The van der Waals surface area contributed by atoms with Crippen molar-refractivity contribution in [2.24, 2.45) is 10.8 Å². The van der Waals surface area contributed by atoms with Crippen molar-refractivity contribution in [1.82, 2.24) is 0 Å². The van der Waals surface area contributed by atoms with Gasteiger partial charge in [0.2, 0.25) is 0 Å². The smallest absolute Gasteiger partial charge is 0.126 e. The molecule has 0 saturated heterocycles. The van der Waals surface area contributed by atoms with E-state index in [1.54, 1.807) is 0 Å². The number of rotatable bonds is 23. The fraction of sp³-hybridized carbons (Fsp3) is 0.600. The van der Waals surface area contributed by atoms with E-state index in [0.29, 0.717) is 70.9 Å². The van der Waals surface area contributed by atoms with E-state index in [-0.39, 0.29) is 43.3 Å². The highest BCUT2D eigenvalue weighted by molar-refractivity contribution is 5.60. The number of aromatic hydroxyl groups is 1. The lowest BCUT2D eigenvalue weighted by Crippen LogP contribution is -2.17. The molecule has 8 rings (SSSR count). The average Bonchev–Trinajstić information content (AvgIpc) is 0.770. The van der Waals surface area contributed by atoms with Gasteiger partial charge in [0.1, 0.15) is 28.7 Å². The molecule has 0 saturated carbocycles. The Morgan fingerprint density at radius 1 is 0.299 bits per heavy atom. The van der Waals surface area contributed by atoms with Gasteiger partial charge >= 0.3 is 0 Å². The van der Waals surface area contributed by atoms with Crippen LogP contribution in [0.5, 0.6) is 28.7 Å². The van der Waals surface area contributed by atoms with E-state index in [1.807, 2.05) is 7.11 Å². The van der Waals surface area contributed by atoms with Crippen molar-refractivity contribution in [2.75, 3.05) is 40.1 Å². The van der Waals surface area contributed by atoms with E-state index in [9.17, 15) is 5.11 Å². The third-order valence-electron chi connectivity index (χ3n) is 23.8. The Balaban J connectivity index is 0.000000323. The highest BCUT2D eigenvalue weighted by Gasteiger charge is 2.32. The van der Waals surface area contributed by atoms with Gasteiger partial charge in [-0.1, -0.05) is 324 Å². The first-order chi connectivity index (χ1) is 54.6. The van der Waals surface area contributed by atoms with Gasteiger partial charge < -0.3 is 33.5 Å². The molecule has 0 spiro atoms. The van der Waals surface area contributed by atoms with Gasteiger partial charge in [-0.15, -0.1) is 0 Å². The number of aryl methyl sites for hydroxylation is 2. The zero-order valence-electron chi connectivity index (χ0n) is 80.7. The summed E-state index contributed by atoms with van der Waals surface area (Å²) in [6.45, 7) is 77.0. The van der Waals surface area contributed by atoms with E-state index in [2.05, 4.69) is 307 Å². The van der Waals surface area contributed by atoms with Gasteiger partial charge in [-0.25, -0.2) is 0 Å². The largest absolute Gasteiger partial charge is 0.507 e. The molecule has 0 heterocycles. The molecule has 2 aliphatic rings. The molecule has 7 nitrogen and oxygen atoms in total. The lowest BCUT2D eigenvalue weighted by molar-refractivity contribution is 0.199. The van der Waals surface area contributed by atoms with Crippen molar-refractivity contribution in [3.63, 3.8) is 0 Å². The summed E-state index contributed by atoms with van der Waals surface area (Å²) >= 11 is 0. The molecule has 0 unspecified atom stereocenters. The molecule has 1 N–H and O–H groups in total. The molecule has 6 aromatic rings. The van der Waals surface area contributed by atoms with Crippen LogP contribution in [-0.4, -0.2) is 45.3 Å². The quantitative estimate of drug-likeness (QED) is 0.0685. The Morgan fingerprint density at radius 2 is 0.556 bits per heavy atom. The summed E-state index contributed by atoms with van der Waals surface area (Å²) in [6.07, 6.45) is 22.3. The number of unbranched alkanes of at least 4 members (excludes halogenated alkanes) is 1. The first-order valence-electron chi connectivity index (χ1n) is 45.8. The molecule has 0 aliphatic heterocycles. The van der Waals surface area contributed by atoms with Gasteiger partial charge in [0.05, 0.1) is 51.7 Å². The van der Waals surface area contributed by atoms with E-state index in [4.69, 9.17) is 28.4 Å². The molecule has 646 valence electrons. The Morgan fingerprint density at radius 3 is 0.863 bits per heavy atom. The zero-order valence-corrected chi connectivity index (χ0v) is 80.7. The van der Waals surface area contributed by atoms with Gasteiger partial charge in [0, 0.05) is 51.4 Å². The summed E-state index contributed by atoms with van der Waals surface area (Å²) in [5.74, 6) is 6.48. The molecule has 0 atom stereocenters. The number of phenolic OH excluding ortho intramolecular Hbond substituents is 1. The van der Waals surface area contributed by atoms with Crippen molar-refractivity contribution in [2.45, 2.75) is 382 Å². The normalized spacial score (nSPS) is 16.0. The fourth-order valence-corrected chi connectivity index (χ4v) is 16.4. The zero-order chi connectivity index (χ0) is 87.1. The lowest BCUT2D eigenvalue weighted by atomic mass is 9.78. The van der Waals surface area contributed by atoms with E-state index >= 15 is 0 Å². The molecule has 6 aromatic carbocycles. The maximum Gasteiger partial charge on any atom is 0.126 e. The van der Waals surface area contributed by atoms with Gasteiger partial charge in [-0.05, 0) is 231 Å². The number of phenols is 1. The van der Waals surface area contributed by atoms with Crippen LogP contribution >= 0.6 is 0 Å². The predicted octanol–water partition coefficient (Wildman–Crippen LogP) is 30.0. The first kappa shape index (κ1) is 97.0. The summed E-state index contributed by atoms with van der Waals surface area (Å²) in [6, 6.07) is 28.8. The molecular formula is C110H164O7. The highest BCUT2D eigenvalue weighted by Crippen LogP contribution is 2.47. The van der Waals surface area contributed by atoms with Crippen LogP contribution in [0.4, 0.5) is 0 Å². The summed E-state index contributed by atoms with van der Waals surface area (Å²) in [5.41, 5.74) is 28.9. The van der Waals surface area contributed by atoms with E-state index < -0.39 is 0 Å². The second-order valence-electron chi connectivity index (χ2n) is 42.5. The Kier molecular flexibility index (Phi) is 34.0. The molecule has 2 aliphatic carbocycles. The minimum Gasteiger partial charge on any atom is -0.507 e. The number of benzene rings is 6. The Hall–Kier alpha value is -7.12. The number of hydrogen-bond donors (Lipinski definition) is 1. The third kappa shape index (κ3) is 26.4. The standard InChI is InChI=1S/C56H84O3.C54H80O4/c1-18-22-23-49-39-28-41(34-45(21-4)53(5,6)7)50(58-26-19-2)25-24-38-31-46(54(8,9)10)35-42(51(38)57-17)30-44-37-48(56(14,15)16)36-43(52(44)59-27-20-3)29-40(49)33-47(32-39)55(11,12)13;1-17-23-56-47-22-21-36-29-44(52(8,9)10)31-38(48(36)55)27-40-33-46(54(14,15)16)35-42(50(40)58-25-19-3)28-41-34-45(53(11,12)13)32-39(49(41)57-24-18-2)26-37(47)30-43(20-4)51(5,6)7/h31-37H,18-30H2,1-17H3;29-35,55H,17-28H2,1-16H3/b45-34+,50-41+;43-30+,47-37+. The molecule has 0 aromatic heterocycles. The SMILES string of the molecule is CCCCc1c2cc(C(C)(C)C)cc1Cc1cc(C(C)(C)C)cc(c1OCCC)Cc1cc(C(C)(C)C)cc(c1OC)CC/C(OCCC)=C(\C=C(/CC)C(C)(C)C)C2.CCCO/C1=C(/C=C(\CC)C(C)(C)C)Cc2cc(C(C)(C)C)cc(c2OCCC)Cc2cc(C(C)(C)C)cc(c2OCCC)Cc2cc(C(C)(C)C)cc(c2O)CC1. The second-order valence-corrected chi connectivity index (χ2v) is 42.5. The van der Waals surface area contributed by atoms with Crippen LogP contribution in [-0.2, 0) is 99.8 Å². The molecule has 0 radical (unpaired) electrons. The van der Waals surface area contributed by atoms with E-state index in [0.717, 1.165) is 153 Å². The summed E-state index contributed by atoms with van der Waals surface area (Å²) in [4.78, 5) is 0. The average molecular weight is 1600 g/mol. The molecule has 0 fully saturated rings. The van der Waals surface area contributed by atoms with Crippen LogP contribution in [0.2, 0.25) is 0 Å². The minimum absolute atomic E-state index is 0.00823. The minimum atomic E-state index is -0.103. The predicted molar refractivity (Wildman–Crippen MR) is 503 cm³/mol. The molecule has 7 heteroatoms. The highest BCUT2D eigenvalue weighted by atomic mass is 16.5. The van der Waals surface area contributed by atoms with Crippen LogP contribution in [0.1, 0.15) is 398 Å². The van der Waals surface area contributed by atoms with Gasteiger partial charge in [0.15, 0.2) is 0 Å². The molecular weight excluding hydrogens is 1430 g/mol. The Bertz CT molecular complexity index is 4440. The van der Waals surface area contributed by atoms with Gasteiger partial charge in [-0.2, -0.15) is 0 Å². The van der Waals surface area contributed by atoms with E-state index in [1.165, 1.54) is 106 Å². The van der Waals surface area contributed by atoms with Gasteiger partial charge in [-0.3, -0.25) is 0 Å². The van der Waals surface area contributed by atoms with Gasteiger partial charge in [0.25, 0.3) is 0 Å². The molecule has 117 heavy (non-hydrogen) atoms. The van der Waals surface area contributed by atoms with Crippen molar-refractivity contribution < 1.29 is 33.5 Å². The Labute approximate surface area is 715 Å². The number of methoxy groups -OCH3 is 1. The van der Waals surface area contributed by atoms with Crippen LogP contribution in [0.25, 0.3) is 0 Å². The summed E-state index contributed by atoms with van der Waals surface area (Å²) in [7, 11) is 1.86. The van der Waals surface area contributed by atoms with Crippen LogP contribution in [0.15, 0.2) is 119 Å².